The lowest BCUT2D eigenvalue weighted by molar-refractivity contribution is -0.119. The van der Waals surface area contributed by atoms with E-state index in [2.05, 4.69) is 10.2 Å². The predicted octanol–water partition coefficient (Wildman–Crippen LogP) is 2.94. The maximum atomic E-state index is 13.7. The van der Waals surface area contributed by atoms with E-state index in [0.29, 0.717) is 24.7 Å². The van der Waals surface area contributed by atoms with Gasteiger partial charge in [0.05, 0.1) is 23.8 Å². The third-order valence-electron chi connectivity index (χ3n) is 6.49. The van der Waals surface area contributed by atoms with E-state index in [1.54, 1.807) is 0 Å². The maximum Gasteiger partial charge on any atom is 0.264 e. The van der Waals surface area contributed by atoms with Crippen LogP contribution in [0.2, 0.25) is 0 Å². The van der Waals surface area contributed by atoms with Crippen LogP contribution >= 0.6 is 0 Å². The molecule has 0 radical (unpaired) electrons. The Morgan fingerprint density at radius 3 is 2.38 bits per heavy atom. The van der Waals surface area contributed by atoms with Crippen LogP contribution < -0.4 is 19.1 Å². The molecule has 206 valence electrons. The van der Waals surface area contributed by atoms with E-state index < -0.39 is 28.3 Å². The first-order valence-corrected chi connectivity index (χ1v) is 14.1. The van der Waals surface area contributed by atoms with Crippen LogP contribution in [-0.2, 0) is 32.6 Å². The summed E-state index contributed by atoms with van der Waals surface area (Å²) >= 11 is 0. The Hall–Kier alpha value is -3.67. The number of morpholine rings is 1. The third-order valence-corrected chi connectivity index (χ3v) is 8.26. The van der Waals surface area contributed by atoms with Crippen LogP contribution in [0.3, 0.4) is 0 Å². The third kappa shape index (κ3) is 6.67. The van der Waals surface area contributed by atoms with E-state index in [0.717, 1.165) is 60.4 Å². The molecular weight excluding hydrogens is 525 g/mol. The highest BCUT2D eigenvalue weighted by molar-refractivity contribution is 7.92. The summed E-state index contributed by atoms with van der Waals surface area (Å²) in [5.74, 6) is -0.263. The van der Waals surface area contributed by atoms with Gasteiger partial charge in [-0.3, -0.25) is 14.0 Å². The number of ether oxygens (including phenoxy) is 3. The molecule has 5 rings (SSSR count). The highest BCUT2D eigenvalue weighted by Gasteiger charge is 2.29. The lowest BCUT2D eigenvalue weighted by Crippen LogP contribution is -2.40. The first-order valence-electron chi connectivity index (χ1n) is 12.7. The van der Waals surface area contributed by atoms with Crippen LogP contribution in [0.5, 0.6) is 11.5 Å². The van der Waals surface area contributed by atoms with Gasteiger partial charge in [-0.2, -0.15) is 0 Å². The van der Waals surface area contributed by atoms with Crippen molar-refractivity contribution >= 4 is 21.6 Å². The van der Waals surface area contributed by atoms with Gasteiger partial charge in [-0.1, -0.05) is 24.3 Å². The molecule has 11 heteroatoms. The summed E-state index contributed by atoms with van der Waals surface area (Å²) in [6.45, 7) is 4.39. The van der Waals surface area contributed by atoms with Gasteiger partial charge in [0.1, 0.15) is 25.6 Å². The Kier molecular flexibility index (Phi) is 8.30. The van der Waals surface area contributed by atoms with Crippen molar-refractivity contribution in [2.24, 2.45) is 0 Å². The minimum atomic E-state index is -4.20. The molecule has 0 atom stereocenters. The number of fused-ring (bicyclic) bond motifs is 1. The van der Waals surface area contributed by atoms with Crippen molar-refractivity contribution in [3.63, 3.8) is 0 Å². The van der Waals surface area contributed by atoms with Gasteiger partial charge >= 0.3 is 0 Å². The second-order valence-electron chi connectivity index (χ2n) is 9.28. The van der Waals surface area contributed by atoms with Gasteiger partial charge in [-0.05, 0) is 47.5 Å². The molecule has 39 heavy (non-hydrogen) atoms. The normalized spacial score (nSPS) is 15.5. The van der Waals surface area contributed by atoms with Gasteiger partial charge in [0.2, 0.25) is 5.91 Å². The number of carbonyl (C=O) groups is 1. The summed E-state index contributed by atoms with van der Waals surface area (Å²) in [6, 6.07) is 17.2. The van der Waals surface area contributed by atoms with E-state index in [4.69, 9.17) is 14.2 Å². The molecule has 1 fully saturated rings. The summed E-state index contributed by atoms with van der Waals surface area (Å²) in [7, 11) is -4.20. The lowest BCUT2D eigenvalue weighted by atomic mass is 10.1. The molecule has 0 bridgehead atoms. The summed E-state index contributed by atoms with van der Waals surface area (Å²) in [5.41, 5.74) is 2.18. The van der Waals surface area contributed by atoms with E-state index >= 15 is 0 Å². The number of nitrogens with zero attached hydrogens (tertiary/aromatic N) is 2. The molecule has 1 amide bonds. The molecule has 9 nitrogen and oxygen atoms in total. The number of sulfonamides is 1. The molecular formula is C28H30FN3O6S. The van der Waals surface area contributed by atoms with Gasteiger partial charge in [-0.15, -0.1) is 0 Å². The largest absolute Gasteiger partial charge is 0.486 e. The molecule has 3 aromatic carbocycles. The van der Waals surface area contributed by atoms with Crippen molar-refractivity contribution < 1.29 is 31.8 Å². The lowest BCUT2D eigenvalue weighted by Gasteiger charge is -2.26. The zero-order valence-corrected chi connectivity index (χ0v) is 22.2. The number of anilines is 1. The zero-order valence-electron chi connectivity index (χ0n) is 21.3. The van der Waals surface area contributed by atoms with E-state index in [1.807, 2.05) is 24.3 Å². The van der Waals surface area contributed by atoms with Gasteiger partial charge in [0.15, 0.2) is 11.5 Å². The molecule has 0 saturated carbocycles. The highest BCUT2D eigenvalue weighted by Crippen LogP contribution is 2.34. The van der Waals surface area contributed by atoms with Gasteiger partial charge < -0.3 is 19.5 Å². The van der Waals surface area contributed by atoms with Crippen molar-refractivity contribution in [1.82, 2.24) is 10.2 Å². The van der Waals surface area contributed by atoms with Crippen molar-refractivity contribution in [3.05, 3.63) is 83.7 Å². The summed E-state index contributed by atoms with van der Waals surface area (Å²) in [6.07, 6.45) is 0. The van der Waals surface area contributed by atoms with Gasteiger partial charge in [0, 0.05) is 32.2 Å². The summed E-state index contributed by atoms with van der Waals surface area (Å²) in [5, 5.41) is 2.82. The average Bonchev–Trinajstić information content (AvgIpc) is 2.96. The van der Waals surface area contributed by atoms with E-state index in [1.165, 1.54) is 30.3 Å². The van der Waals surface area contributed by atoms with E-state index in [-0.39, 0.29) is 17.1 Å². The number of benzene rings is 3. The maximum absolute atomic E-state index is 13.7. The van der Waals surface area contributed by atoms with Crippen LogP contribution in [0, 0.1) is 5.82 Å². The van der Waals surface area contributed by atoms with Gasteiger partial charge in [0.25, 0.3) is 10.0 Å². The number of halogens is 1. The number of carbonyl (C=O) groups excluding carboxylic acids is 1. The topological polar surface area (TPSA) is 97.4 Å². The second-order valence-corrected chi connectivity index (χ2v) is 11.1. The first-order chi connectivity index (χ1) is 18.9. The minimum Gasteiger partial charge on any atom is -0.486 e. The SMILES string of the molecule is O=C(CN(c1ccc(F)cc1)S(=O)(=O)c1ccc2c(c1)OCCO2)NCc1cccc(CN2CCOCC2)c1. The van der Waals surface area contributed by atoms with Crippen molar-refractivity contribution in [3.8, 4) is 11.5 Å². The Morgan fingerprint density at radius 1 is 0.897 bits per heavy atom. The fraction of sp³-hybridized carbons (Fsp3) is 0.321. The molecule has 0 unspecified atom stereocenters. The smallest absolute Gasteiger partial charge is 0.264 e. The summed E-state index contributed by atoms with van der Waals surface area (Å²) in [4.78, 5) is 15.3. The first kappa shape index (κ1) is 26.9. The fourth-order valence-corrected chi connectivity index (χ4v) is 5.91. The fourth-order valence-electron chi connectivity index (χ4n) is 4.48. The zero-order chi connectivity index (χ0) is 27.2. The number of rotatable bonds is 9. The predicted molar refractivity (Wildman–Crippen MR) is 143 cm³/mol. The minimum absolute atomic E-state index is 0.0697. The standard InChI is InChI=1S/C28H30FN3O6S/c29-23-4-6-24(7-5-23)32(39(34,35)25-8-9-26-27(17-25)38-15-14-37-26)20-28(33)30-18-21-2-1-3-22(16-21)19-31-10-12-36-13-11-31/h1-9,16-17H,10-15,18-20H2,(H,30,33). The number of nitrogens with one attached hydrogen (secondary N) is 1. The van der Waals surface area contributed by atoms with Crippen molar-refractivity contribution in [1.29, 1.82) is 0 Å². The molecule has 0 aromatic heterocycles. The Balaban J connectivity index is 1.30. The molecule has 0 spiro atoms. The highest BCUT2D eigenvalue weighted by atomic mass is 32.2. The van der Waals surface area contributed by atoms with Gasteiger partial charge in [-0.25, -0.2) is 12.8 Å². The molecule has 0 aliphatic carbocycles. The monoisotopic (exact) mass is 555 g/mol. The molecule has 2 heterocycles. The molecule has 2 aliphatic heterocycles. The average molecular weight is 556 g/mol. The molecule has 2 aliphatic rings. The molecule has 3 aromatic rings. The Morgan fingerprint density at radius 2 is 1.62 bits per heavy atom. The van der Waals surface area contributed by atoms with Crippen LogP contribution in [-0.4, -0.2) is 65.3 Å². The summed E-state index contributed by atoms with van der Waals surface area (Å²) < 4.78 is 58.4. The van der Waals surface area contributed by atoms with Crippen LogP contribution in [0.1, 0.15) is 11.1 Å². The van der Waals surface area contributed by atoms with Crippen molar-refractivity contribution in [2.45, 2.75) is 18.0 Å². The molecule has 1 saturated heterocycles. The Labute approximate surface area is 227 Å². The second kappa shape index (κ2) is 12.0. The van der Waals surface area contributed by atoms with Crippen LogP contribution in [0.4, 0.5) is 10.1 Å². The van der Waals surface area contributed by atoms with Crippen LogP contribution in [0.15, 0.2) is 71.6 Å². The number of hydrogen-bond acceptors (Lipinski definition) is 7. The van der Waals surface area contributed by atoms with Crippen molar-refractivity contribution in [2.75, 3.05) is 50.4 Å². The van der Waals surface area contributed by atoms with Crippen LogP contribution in [0.25, 0.3) is 0 Å². The number of hydrogen-bond donors (Lipinski definition) is 1. The quantitative estimate of drug-likeness (QED) is 0.434. The Bertz CT molecular complexity index is 1410. The van der Waals surface area contributed by atoms with E-state index in [9.17, 15) is 17.6 Å². The number of amides is 1. The molecule has 1 N–H and O–H groups in total.